The summed E-state index contributed by atoms with van der Waals surface area (Å²) in [5, 5.41) is 3.38. The van der Waals surface area contributed by atoms with E-state index in [1.165, 1.54) is 14.8 Å². The fraction of sp³-hybridized carbons (Fsp3) is 0.357. The summed E-state index contributed by atoms with van der Waals surface area (Å²) in [6.07, 6.45) is 3.17. The molecule has 4 heteroatoms. The molecule has 1 heterocycles. The lowest BCUT2D eigenvalue weighted by Crippen LogP contribution is -2.07. The molecule has 0 bridgehead atoms. The van der Waals surface area contributed by atoms with Gasteiger partial charge in [-0.1, -0.05) is 13.0 Å². The molecule has 0 aliphatic heterocycles. The van der Waals surface area contributed by atoms with Gasteiger partial charge in [0, 0.05) is 16.3 Å². The van der Waals surface area contributed by atoms with Gasteiger partial charge in [-0.15, -0.1) is 0 Å². The van der Waals surface area contributed by atoms with Crippen LogP contribution in [0, 0.1) is 17.4 Å². The van der Waals surface area contributed by atoms with E-state index in [0.717, 1.165) is 24.6 Å². The predicted octanol–water partition coefficient (Wildman–Crippen LogP) is 3.92. The van der Waals surface area contributed by atoms with Crippen LogP contribution in [0.3, 0.4) is 0 Å². The van der Waals surface area contributed by atoms with Gasteiger partial charge in [0.1, 0.15) is 0 Å². The number of nitrogens with one attached hydrogen (secondary N) is 1. The molecular weight excluding hydrogens is 337 g/mol. The Labute approximate surface area is 122 Å². The Hall–Kier alpha value is -1.04. The van der Waals surface area contributed by atoms with Gasteiger partial charge in [0.25, 0.3) is 0 Å². The fourth-order valence-electron chi connectivity index (χ4n) is 1.90. The molecule has 2 aromatic rings. The van der Waals surface area contributed by atoms with Crippen molar-refractivity contribution >= 4 is 28.5 Å². The van der Waals surface area contributed by atoms with E-state index in [1.54, 1.807) is 0 Å². The van der Waals surface area contributed by atoms with Gasteiger partial charge in [-0.3, -0.25) is 4.57 Å². The molecule has 0 radical (unpaired) electrons. The predicted molar refractivity (Wildman–Crippen MR) is 84.5 cm³/mol. The monoisotopic (exact) mass is 355 g/mol. The van der Waals surface area contributed by atoms with E-state index >= 15 is 0 Å². The molecule has 0 saturated carbocycles. The maximum atomic E-state index is 4.54. The van der Waals surface area contributed by atoms with Crippen LogP contribution in [0.1, 0.15) is 24.6 Å². The van der Waals surface area contributed by atoms with Crippen LogP contribution in [-0.2, 0) is 0 Å². The molecule has 2 rings (SSSR count). The second-order valence-corrected chi connectivity index (χ2v) is 5.55. The number of nitrogens with zero attached hydrogens (tertiary/aromatic N) is 2. The zero-order valence-electron chi connectivity index (χ0n) is 11.0. The number of anilines is 1. The van der Waals surface area contributed by atoms with Crippen LogP contribution in [0.25, 0.3) is 5.69 Å². The largest absolute Gasteiger partial charge is 0.355 e. The Morgan fingerprint density at radius 3 is 2.83 bits per heavy atom. The van der Waals surface area contributed by atoms with E-state index in [-0.39, 0.29) is 0 Å². The molecule has 0 aliphatic rings. The number of aryl methyl sites for hydroxylation is 1. The Balaban J connectivity index is 2.46. The molecule has 1 N–H and O–H groups in total. The minimum absolute atomic E-state index is 0.930. The molecule has 96 valence electrons. The van der Waals surface area contributed by atoms with Crippen molar-refractivity contribution in [3.8, 4) is 5.69 Å². The van der Waals surface area contributed by atoms with Gasteiger partial charge in [-0.2, -0.15) is 0 Å². The number of hydrogen-bond donors (Lipinski definition) is 1. The Morgan fingerprint density at radius 1 is 1.33 bits per heavy atom. The zero-order chi connectivity index (χ0) is 13.1. The smallest absolute Gasteiger partial charge is 0.207 e. The van der Waals surface area contributed by atoms with Gasteiger partial charge in [0.15, 0.2) is 0 Å². The number of aromatic nitrogens is 2. The van der Waals surface area contributed by atoms with Crippen molar-refractivity contribution < 1.29 is 0 Å². The van der Waals surface area contributed by atoms with Crippen molar-refractivity contribution in [2.24, 2.45) is 0 Å². The van der Waals surface area contributed by atoms with Crippen molar-refractivity contribution in [1.29, 1.82) is 0 Å². The summed E-state index contributed by atoms with van der Waals surface area (Å²) in [5.74, 6) is 0.930. The molecule has 0 saturated heterocycles. The maximum Gasteiger partial charge on any atom is 0.207 e. The van der Waals surface area contributed by atoms with Crippen LogP contribution >= 0.6 is 22.6 Å². The molecule has 18 heavy (non-hydrogen) atoms. The first-order valence-electron chi connectivity index (χ1n) is 6.18. The van der Waals surface area contributed by atoms with Gasteiger partial charge < -0.3 is 5.32 Å². The van der Waals surface area contributed by atoms with Gasteiger partial charge >= 0.3 is 0 Å². The zero-order valence-corrected chi connectivity index (χ0v) is 13.2. The van der Waals surface area contributed by atoms with Crippen molar-refractivity contribution in [2.75, 3.05) is 11.9 Å². The van der Waals surface area contributed by atoms with Crippen molar-refractivity contribution in [1.82, 2.24) is 9.55 Å². The molecule has 0 atom stereocenters. The highest BCUT2D eigenvalue weighted by atomic mass is 127. The Bertz CT molecular complexity index is 546. The molecule has 0 unspecified atom stereocenters. The molecular formula is C14H18IN3. The molecule has 0 spiro atoms. The van der Waals surface area contributed by atoms with Gasteiger partial charge in [-0.05, 0) is 60.6 Å². The summed E-state index contributed by atoms with van der Waals surface area (Å²) in [6.45, 7) is 7.27. The summed E-state index contributed by atoms with van der Waals surface area (Å²) < 4.78 is 3.42. The van der Waals surface area contributed by atoms with Crippen LogP contribution < -0.4 is 5.32 Å². The van der Waals surface area contributed by atoms with E-state index in [9.17, 15) is 0 Å². The van der Waals surface area contributed by atoms with Gasteiger partial charge in [-0.25, -0.2) is 4.98 Å². The number of rotatable bonds is 4. The van der Waals surface area contributed by atoms with Crippen LogP contribution in [0.2, 0.25) is 0 Å². The van der Waals surface area contributed by atoms with E-state index in [4.69, 9.17) is 0 Å². The van der Waals surface area contributed by atoms with Gasteiger partial charge in [0.05, 0.1) is 11.4 Å². The number of imidazole rings is 1. The molecule has 0 fully saturated rings. The molecule has 0 amide bonds. The Kier molecular flexibility index (Phi) is 4.27. The quantitative estimate of drug-likeness (QED) is 0.843. The lowest BCUT2D eigenvalue weighted by Gasteiger charge is -2.12. The molecule has 1 aromatic heterocycles. The van der Waals surface area contributed by atoms with E-state index in [1.807, 2.05) is 6.92 Å². The van der Waals surface area contributed by atoms with E-state index < -0.39 is 0 Å². The topological polar surface area (TPSA) is 29.9 Å². The first-order chi connectivity index (χ1) is 8.63. The maximum absolute atomic E-state index is 4.54. The second-order valence-electron chi connectivity index (χ2n) is 4.39. The van der Waals surface area contributed by atoms with Crippen LogP contribution in [0.15, 0.2) is 24.4 Å². The van der Waals surface area contributed by atoms with E-state index in [0.29, 0.717) is 0 Å². The van der Waals surface area contributed by atoms with Crippen molar-refractivity contribution in [2.45, 2.75) is 27.2 Å². The van der Waals surface area contributed by atoms with Crippen molar-refractivity contribution in [3.05, 3.63) is 39.2 Å². The number of benzene rings is 1. The normalized spacial score (nSPS) is 10.7. The lowest BCUT2D eigenvalue weighted by molar-refractivity contribution is 0.933. The minimum Gasteiger partial charge on any atom is -0.355 e. The summed E-state index contributed by atoms with van der Waals surface area (Å²) in [6, 6.07) is 6.35. The SMILES string of the molecule is CCCNc1nc(C)cn1-c1cccc(I)c1C. The minimum atomic E-state index is 0.930. The average molecular weight is 355 g/mol. The summed E-state index contributed by atoms with van der Waals surface area (Å²) in [5.41, 5.74) is 3.52. The Morgan fingerprint density at radius 2 is 2.11 bits per heavy atom. The summed E-state index contributed by atoms with van der Waals surface area (Å²) >= 11 is 2.37. The van der Waals surface area contributed by atoms with Crippen LogP contribution in [-0.4, -0.2) is 16.1 Å². The first kappa shape index (κ1) is 13.4. The summed E-state index contributed by atoms with van der Waals surface area (Å²) in [7, 11) is 0. The third-order valence-corrected chi connectivity index (χ3v) is 4.03. The standard InChI is InChI=1S/C14H18IN3/c1-4-8-16-14-17-10(2)9-18(14)13-7-5-6-12(15)11(13)3/h5-7,9H,4,8H2,1-3H3,(H,16,17). The molecule has 3 nitrogen and oxygen atoms in total. The molecule has 1 aromatic carbocycles. The number of halogens is 1. The van der Waals surface area contributed by atoms with E-state index in [2.05, 4.69) is 75.7 Å². The number of hydrogen-bond acceptors (Lipinski definition) is 2. The van der Waals surface area contributed by atoms with Crippen LogP contribution in [0.4, 0.5) is 5.95 Å². The van der Waals surface area contributed by atoms with Gasteiger partial charge in [0.2, 0.25) is 5.95 Å². The highest BCUT2D eigenvalue weighted by molar-refractivity contribution is 14.1. The average Bonchev–Trinajstić information content (AvgIpc) is 2.71. The highest BCUT2D eigenvalue weighted by Gasteiger charge is 2.10. The van der Waals surface area contributed by atoms with Crippen LogP contribution in [0.5, 0.6) is 0 Å². The summed E-state index contributed by atoms with van der Waals surface area (Å²) in [4.78, 5) is 4.54. The fourth-order valence-corrected chi connectivity index (χ4v) is 2.38. The highest BCUT2D eigenvalue weighted by Crippen LogP contribution is 2.23. The third-order valence-electron chi connectivity index (χ3n) is 2.86. The second kappa shape index (κ2) is 5.73. The lowest BCUT2D eigenvalue weighted by atomic mass is 10.2. The first-order valence-corrected chi connectivity index (χ1v) is 7.26. The molecule has 0 aliphatic carbocycles. The third kappa shape index (κ3) is 2.68. The van der Waals surface area contributed by atoms with Crippen molar-refractivity contribution in [3.63, 3.8) is 0 Å².